The summed E-state index contributed by atoms with van der Waals surface area (Å²) in [6.45, 7) is 2.65. The van der Waals surface area contributed by atoms with Crippen molar-refractivity contribution in [1.82, 2.24) is 0 Å². The number of hydrogen-bond acceptors (Lipinski definition) is 3. The van der Waals surface area contributed by atoms with E-state index >= 15 is 0 Å². The maximum absolute atomic E-state index is 6.07. The number of alkyl halides is 1. The number of hydrogen-bond donors (Lipinski definition) is 0. The maximum atomic E-state index is 6.07. The molecule has 0 aliphatic carbocycles. The average molecular weight is 467 g/mol. The van der Waals surface area contributed by atoms with Crippen LogP contribution in [0.2, 0.25) is 5.22 Å². The van der Waals surface area contributed by atoms with E-state index in [-0.39, 0.29) is 0 Å². The van der Waals surface area contributed by atoms with Gasteiger partial charge in [-0.15, -0.1) is 11.6 Å². The van der Waals surface area contributed by atoms with Crippen LogP contribution in [0.4, 0.5) is 0 Å². The van der Waals surface area contributed by atoms with E-state index < -0.39 is 0 Å². The van der Waals surface area contributed by atoms with Gasteiger partial charge in [0.2, 0.25) is 0 Å². The molecule has 0 aliphatic heterocycles. The minimum absolute atomic E-state index is 0.391. The van der Waals surface area contributed by atoms with Crippen LogP contribution in [-0.4, -0.2) is 19.6 Å². The lowest BCUT2D eigenvalue weighted by atomic mass is 9.88. The molecular formula is C27H24Cl2O3. The summed E-state index contributed by atoms with van der Waals surface area (Å²) in [5.74, 6) is 2.08. The Balaban J connectivity index is 1.87. The molecule has 1 heterocycles. The Kier molecular flexibility index (Phi) is 7.09. The van der Waals surface area contributed by atoms with Crippen LogP contribution in [0.1, 0.15) is 30.0 Å². The molecular weight excluding hydrogens is 443 g/mol. The number of halogens is 2. The molecule has 0 spiro atoms. The zero-order chi connectivity index (χ0) is 22.5. The van der Waals surface area contributed by atoms with E-state index in [2.05, 4.69) is 43.3 Å². The smallest absolute Gasteiger partial charge is 0.194 e. The number of rotatable bonds is 8. The minimum Gasteiger partial charge on any atom is -0.497 e. The van der Waals surface area contributed by atoms with Crippen molar-refractivity contribution < 1.29 is 13.9 Å². The second kappa shape index (κ2) is 10.2. The molecule has 32 heavy (non-hydrogen) atoms. The summed E-state index contributed by atoms with van der Waals surface area (Å²) in [4.78, 5) is 0. The normalized spacial score (nSPS) is 12.0. The van der Waals surface area contributed by atoms with Crippen molar-refractivity contribution in [2.45, 2.75) is 13.3 Å². The molecule has 164 valence electrons. The fourth-order valence-corrected chi connectivity index (χ4v) is 4.15. The third kappa shape index (κ3) is 4.79. The van der Waals surface area contributed by atoms with Crippen molar-refractivity contribution in [2.75, 3.05) is 19.6 Å². The number of fused-ring (bicyclic) bond motifs is 1. The third-order valence-corrected chi connectivity index (χ3v) is 5.70. The number of allylic oxidation sites excluding steroid dienone is 1. The zero-order valence-corrected chi connectivity index (χ0v) is 19.5. The van der Waals surface area contributed by atoms with Crippen LogP contribution in [0.15, 0.2) is 77.2 Å². The first-order chi connectivity index (χ1) is 15.6. The van der Waals surface area contributed by atoms with Gasteiger partial charge in [-0.05, 0) is 82.3 Å². The van der Waals surface area contributed by atoms with Crippen molar-refractivity contribution >= 4 is 45.3 Å². The molecule has 0 unspecified atom stereocenters. The van der Waals surface area contributed by atoms with Crippen LogP contribution >= 0.6 is 23.2 Å². The summed E-state index contributed by atoms with van der Waals surface area (Å²) in [6, 6.07) is 24.3. The predicted molar refractivity (Wildman–Crippen MR) is 133 cm³/mol. The lowest BCUT2D eigenvalue weighted by Crippen LogP contribution is -1.99. The highest BCUT2D eigenvalue weighted by Gasteiger charge is 2.15. The van der Waals surface area contributed by atoms with E-state index in [1.54, 1.807) is 7.11 Å². The standard InChI is InChI=1S/C27H24Cl2O3/c1-3-24(20-8-13-25-21(16-20)17-26(29)32-25)27(18-4-9-22(30-2)10-5-18)19-6-11-23(12-7-19)31-15-14-28/h4-13,16-17H,3,14-15H2,1-2H3. The highest BCUT2D eigenvalue weighted by atomic mass is 35.5. The Labute approximate surface area is 198 Å². The molecule has 4 rings (SSSR count). The van der Waals surface area contributed by atoms with E-state index in [1.165, 1.54) is 5.57 Å². The third-order valence-electron chi connectivity index (χ3n) is 5.36. The highest BCUT2D eigenvalue weighted by molar-refractivity contribution is 6.29. The second-order valence-corrected chi connectivity index (χ2v) is 8.05. The van der Waals surface area contributed by atoms with Crippen molar-refractivity contribution in [3.05, 3.63) is 94.7 Å². The number of methoxy groups -OCH3 is 1. The van der Waals surface area contributed by atoms with E-state index in [9.17, 15) is 0 Å². The SMILES string of the molecule is CCC(=C(c1ccc(OC)cc1)c1ccc(OCCCl)cc1)c1ccc2oc(Cl)cc2c1. The van der Waals surface area contributed by atoms with Gasteiger partial charge in [-0.2, -0.15) is 0 Å². The fourth-order valence-electron chi connectivity index (χ4n) is 3.87. The Hall–Kier alpha value is -2.88. The summed E-state index contributed by atoms with van der Waals surface area (Å²) in [5.41, 5.74) is 6.52. The number of ether oxygens (including phenoxy) is 2. The topological polar surface area (TPSA) is 31.6 Å². The van der Waals surface area contributed by atoms with E-state index in [1.807, 2.05) is 36.4 Å². The molecule has 1 aromatic heterocycles. The van der Waals surface area contributed by atoms with Gasteiger partial charge in [0.05, 0.1) is 13.0 Å². The van der Waals surface area contributed by atoms with Gasteiger partial charge in [0, 0.05) is 11.5 Å². The summed E-state index contributed by atoms with van der Waals surface area (Å²) in [6.07, 6.45) is 0.850. The van der Waals surface area contributed by atoms with Gasteiger partial charge in [-0.25, -0.2) is 0 Å². The van der Waals surface area contributed by atoms with Crippen LogP contribution in [0.5, 0.6) is 11.5 Å². The lowest BCUT2D eigenvalue weighted by molar-refractivity contribution is 0.343. The molecule has 4 aromatic rings. The maximum Gasteiger partial charge on any atom is 0.194 e. The van der Waals surface area contributed by atoms with Gasteiger partial charge in [-0.3, -0.25) is 0 Å². The zero-order valence-electron chi connectivity index (χ0n) is 18.0. The molecule has 0 amide bonds. The van der Waals surface area contributed by atoms with Crippen LogP contribution in [0.25, 0.3) is 22.1 Å². The number of furan rings is 1. The summed E-state index contributed by atoms with van der Waals surface area (Å²) in [7, 11) is 1.67. The molecule has 0 saturated carbocycles. The Morgan fingerprint density at radius 2 is 1.47 bits per heavy atom. The summed E-state index contributed by atoms with van der Waals surface area (Å²) < 4.78 is 16.6. The van der Waals surface area contributed by atoms with E-state index in [4.69, 9.17) is 37.1 Å². The van der Waals surface area contributed by atoms with Crippen LogP contribution in [-0.2, 0) is 0 Å². The van der Waals surface area contributed by atoms with Gasteiger partial charge in [0.15, 0.2) is 5.22 Å². The predicted octanol–water partition coefficient (Wildman–Crippen LogP) is 8.08. The number of benzene rings is 3. The Bertz CT molecular complexity index is 1220. The molecule has 0 aliphatic rings. The van der Waals surface area contributed by atoms with E-state index in [0.717, 1.165) is 51.2 Å². The van der Waals surface area contributed by atoms with Crippen LogP contribution < -0.4 is 9.47 Å². The van der Waals surface area contributed by atoms with Crippen LogP contribution in [0, 0.1) is 0 Å². The highest BCUT2D eigenvalue weighted by Crippen LogP contribution is 2.37. The molecule has 5 heteroatoms. The minimum atomic E-state index is 0.391. The van der Waals surface area contributed by atoms with Crippen molar-refractivity contribution in [3.8, 4) is 11.5 Å². The Morgan fingerprint density at radius 3 is 2.06 bits per heavy atom. The average Bonchev–Trinajstić information content (AvgIpc) is 3.21. The summed E-state index contributed by atoms with van der Waals surface area (Å²) in [5, 5.41) is 1.37. The molecule has 0 saturated heterocycles. The van der Waals surface area contributed by atoms with Crippen molar-refractivity contribution in [3.63, 3.8) is 0 Å². The monoisotopic (exact) mass is 466 g/mol. The van der Waals surface area contributed by atoms with E-state index in [0.29, 0.717) is 17.7 Å². The van der Waals surface area contributed by atoms with Gasteiger partial charge < -0.3 is 13.9 Å². The second-order valence-electron chi connectivity index (χ2n) is 7.30. The van der Waals surface area contributed by atoms with Crippen LogP contribution in [0.3, 0.4) is 0 Å². The van der Waals surface area contributed by atoms with Crippen molar-refractivity contribution in [1.29, 1.82) is 0 Å². The first-order valence-corrected chi connectivity index (χ1v) is 11.4. The molecule has 0 N–H and O–H groups in total. The van der Waals surface area contributed by atoms with Gasteiger partial charge in [-0.1, -0.05) is 37.3 Å². The summed E-state index contributed by atoms with van der Waals surface area (Å²) >= 11 is 11.8. The molecule has 0 fully saturated rings. The van der Waals surface area contributed by atoms with Gasteiger partial charge in [0.25, 0.3) is 0 Å². The first kappa shape index (κ1) is 22.3. The molecule has 0 atom stereocenters. The molecule has 3 nitrogen and oxygen atoms in total. The Morgan fingerprint density at radius 1 is 0.844 bits per heavy atom. The lowest BCUT2D eigenvalue weighted by Gasteiger charge is -2.17. The van der Waals surface area contributed by atoms with Gasteiger partial charge >= 0.3 is 0 Å². The molecule has 0 bridgehead atoms. The first-order valence-electron chi connectivity index (χ1n) is 10.5. The quantitative estimate of drug-likeness (QED) is 0.194. The van der Waals surface area contributed by atoms with Gasteiger partial charge in [0.1, 0.15) is 23.7 Å². The molecule has 0 radical (unpaired) electrons. The van der Waals surface area contributed by atoms with Crippen molar-refractivity contribution in [2.24, 2.45) is 0 Å². The molecule has 3 aromatic carbocycles. The fraction of sp³-hybridized carbons (Fsp3) is 0.185. The largest absolute Gasteiger partial charge is 0.497 e.